The van der Waals surface area contributed by atoms with Gasteiger partial charge in [0.05, 0.1) is 13.2 Å². The van der Waals surface area contributed by atoms with E-state index in [2.05, 4.69) is 0 Å². The van der Waals surface area contributed by atoms with Crippen molar-refractivity contribution in [2.75, 3.05) is 6.61 Å². The minimum absolute atomic E-state index is 0.0445. The number of nitrogens with zero attached hydrogens (tertiary/aromatic N) is 1. The highest BCUT2D eigenvalue weighted by molar-refractivity contribution is 5.81. The van der Waals surface area contributed by atoms with Crippen LogP contribution in [-0.4, -0.2) is 34.7 Å². The first-order chi connectivity index (χ1) is 9.02. The van der Waals surface area contributed by atoms with Gasteiger partial charge in [0.1, 0.15) is 11.9 Å². The first-order valence-electron chi connectivity index (χ1n) is 5.96. The molecule has 0 saturated heterocycles. The largest absolute Gasteiger partial charge is 0.480 e. The molecule has 1 unspecified atom stereocenters. The summed E-state index contributed by atoms with van der Waals surface area (Å²) in [6, 6.07) is 3.19. The number of aliphatic carboxylic acids is 1. The molecule has 102 valence electrons. The van der Waals surface area contributed by atoms with Gasteiger partial charge < -0.3 is 9.84 Å². The van der Waals surface area contributed by atoms with Crippen molar-refractivity contribution >= 4 is 12.1 Å². The van der Waals surface area contributed by atoms with Crippen LogP contribution in [0.1, 0.15) is 18.1 Å². The average molecular weight is 267 g/mol. The van der Waals surface area contributed by atoms with Gasteiger partial charge in [0, 0.05) is 6.42 Å². The number of fused-ring (bicyclic) bond motifs is 1. The Kier molecular flexibility index (Phi) is 3.69. The first kappa shape index (κ1) is 13.3. The van der Waals surface area contributed by atoms with Crippen LogP contribution in [0.25, 0.3) is 0 Å². The normalized spacial score (nSPS) is 17.8. The zero-order valence-corrected chi connectivity index (χ0v) is 10.4. The van der Waals surface area contributed by atoms with Gasteiger partial charge in [-0.1, -0.05) is 6.07 Å². The smallest absolute Gasteiger partial charge is 0.410 e. The Balaban J connectivity index is 2.32. The summed E-state index contributed by atoms with van der Waals surface area (Å²) in [6.45, 7) is 1.85. The summed E-state index contributed by atoms with van der Waals surface area (Å²) in [5, 5.41) is 9.18. The fourth-order valence-corrected chi connectivity index (χ4v) is 2.17. The maximum Gasteiger partial charge on any atom is 0.410 e. The molecule has 2 rings (SSSR count). The number of benzene rings is 1. The van der Waals surface area contributed by atoms with E-state index in [0.29, 0.717) is 5.56 Å². The third kappa shape index (κ3) is 2.67. The van der Waals surface area contributed by atoms with Crippen LogP contribution >= 0.6 is 0 Å². The molecule has 0 radical (unpaired) electrons. The van der Waals surface area contributed by atoms with E-state index >= 15 is 0 Å². The van der Waals surface area contributed by atoms with Gasteiger partial charge in [-0.3, -0.25) is 4.90 Å². The minimum atomic E-state index is -1.09. The Labute approximate surface area is 109 Å². The maximum absolute atomic E-state index is 13.2. The van der Waals surface area contributed by atoms with Crippen LogP contribution in [0.5, 0.6) is 0 Å². The molecule has 1 aromatic rings. The van der Waals surface area contributed by atoms with E-state index in [-0.39, 0.29) is 19.6 Å². The van der Waals surface area contributed by atoms with Crippen LogP contribution in [0, 0.1) is 5.82 Å². The quantitative estimate of drug-likeness (QED) is 0.887. The van der Waals surface area contributed by atoms with E-state index in [9.17, 15) is 19.1 Å². The van der Waals surface area contributed by atoms with Crippen LogP contribution in [0.3, 0.4) is 0 Å². The Bertz CT molecular complexity index is 517. The lowest BCUT2D eigenvalue weighted by Gasteiger charge is -2.33. The van der Waals surface area contributed by atoms with Crippen LogP contribution < -0.4 is 0 Å². The molecule has 19 heavy (non-hydrogen) atoms. The number of carbonyl (C=O) groups is 2. The average Bonchev–Trinajstić information content (AvgIpc) is 2.37. The van der Waals surface area contributed by atoms with E-state index in [0.717, 1.165) is 10.5 Å². The van der Waals surface area contributed by atoms with Gasteiger partial charge in [-0.05, 0) is 30.2 Å². The van der Waals surface area contributed by atoms with Crippen molar-refractivity contribution in [1.82, 2.24) is 4.90 Å². The fourth-order valence-electron chi connectivity index (χ4n) is 2.17. The molecule has 6 heteroatoms. The molecule has 0 spiro atoms. The van der Waals surface area contributed by atoms with Crippen molar-refractivity contribution in [1.29, 1.82) is 0 Å². The molecular weight excluding hydrogens is 253 g/mol. The summed E-state index contributed by atoms with van der Waals surface area (Å²) in [5.74, 6) is -1.50. The highest BCUT2D eigenvalue weighted by Crippen LogP contribution is 2.25. The molecule has 0 fully saturated rings. The van der Waals surface area contributed by atoms with Gasteiger partial charge in [-0.15, -0.1) is 0 Å². The summed E-state index contributed by atoms with van der Waals surface area (Å²) in [7, 11) is 0. The number of hydrogen-bond donors (Lipinski definition) is 1. The molecular formula is C13H14FNO4. The van der Waals surface area contributed by atoms with Crippen molar-refractivity contribution in [2.24, 2.45) is 0 Å². The Morgan fingerprint density at radius 1 is 1.47 bits per heavy atom. The van der Waals surface area contributed by atoms with E-state index in [4.69, 9.17) is 4.74 Å². The number of halogens is 1. The summed E-state index contributed by atoms with van der Waals surface area (Å²) < 4.78 is 18.0. The second-order valence-corrected chi connectivity index (χ2v) is 4.30. The summed E-state index contributed by atoms with van der Waals surface area (Å²) in [4.78, 5) is 24.1. The van der Waals surface area contributed by atoms with Gasteiger partial charge in [-0.2, -0.15) is 0 Å². The van der Waals surface area contributed by atoms with Crippen molar-refractivity contribution in [3.63, 3.8) is 0 Å². The number of rotatable bonds is 2. The van der Waals surface area contributed by atoms with Gasteiger partial charge in [-0.25, -0.2) is 14.0 Å². The van der Waals surface area contributed by atoms with Crippen molar-refractivity contribution < 1.29 is 23.8 Å². The molecule has 1 aliphatic rings. The molecule has 1 heterocycles. The topological polar surface area (TPSA) is 66.8 Å². The second kappa shape index (κ2) is 5.26. The lowest BCUT2D eigenvalue weighted by Crippen LogP contribution is -2.48. The number of carboxylic acids is 1. The van der Waals surface area contributed by atoms with Crippen molar-refractivity contribution in [2.45, 2.75) is 25.9 Å². The standard InChI is InChI=1S/C13H14FNO4/c1-2-19-13(18)15-7-9-5-10(14)4-3-8(9)6-11(15)12(16)17/h3-5,11H,2,6-7H2,1H3,(H,16,17). The number of ether oxygens (including phenoxy) is 1. The number of carbonyl (C=O) groups excluding carboxylic acids is 1. The third-order valence-electron chi connectivity index (χ3n) is 3.09. The van der Waals surface area contributed by atoms with Crippen LogP contribution in [0.15, 0.2) is 18.2 Å². The Morgan fingerprint density at radius 2 is 2.21 bits per heavy atom. The number of amides is 1. The van der Waals surface area contributed by atoms with Crippen LogP contribution in [0.4, 0.5) is 9.18 Å². The summed E-state index contributed by atoms with van der Waals surface area (Å²) in [6.07, 6.45) is -0.533. The summed E-state index contributed by atoms with van der Waals surface area (Å²) >= 11 is 0. The van der Waals surface area contributed by atoms with Crippen LogP contribution in [-0.2, 0) is 22.5 Å². The van der Waals surface area contributed by atoms with Crippen LogP contribution in [0.2, 0.25) is 0 Å². The minimum Gasteiger partial charge on any atom is -0.480 e. The van der Waals surface area contributed by atoms with E-state index in [1.165, 1.54) is 12.1 Å². The summed E-state index contributed by atoms with van der Waals surface area (Å²) in [5.41, 5.74) is 1.36. The van der Waals surface area contributed by atoms with E-state index in [1.807, 2.05) is 0 Å². The molecule has 5 nitrogen and oxygen atoms in total. The van der Waals surface area contributed by atoms with Gasteiger partial charge in [0.15, 0.2) is 0 Å². The number of carboxylic acid groups (broad SMARTS) is 1. The SMILES string of the molecule is CCOC(=O)N1Cc2cc(F)ccc2CC1C(=O)O. The lowest BCUT2D eigenvalue weighted by atomic mass is 9.94. The monoisotopic (exact) mass is 267 g/mol. The fraction of sp³-hybridized carbons (Fsp3) is 0.385. The predicted octanol–water partition coefficient (Wildman–Crippen LogP) is 1.79. The van der Waals surface area contributed by atoms with Gasteiger partial charge >= 0.3 is 12.1 Å². The molecule has 1 amide bonds. The van der Waals surface area contributed by atoms with E-state index < -0.39 is 23.9 Å². The third-order valence-corrected chi connectivity index (χ3v) is 3.09. The van der Waals surface area contributed by atoms with Gasteiger partial charge in [0.25, 0.3) is 0 Å². The van der Waals surface area contributed by atoms with Crippen molar-refractivity contribution in [3.8, 4) is 0 Å². The highest BCUT2D eigenvalue weighted by Gasteiger charge is 2.35. The molecule has 0 aliphatic carbocycles. The molecule has 0 bridgehead atoms. The first-order valence-corrected chi connectivity index (χ1v) is 5.96. The van der Waals surface area contributed by atoms with Gasteiger partial charge in [0.2, 0.25) is 0 Å². The maximum atomic E-state index is 13.2. The highest BCUT2D eigenvalue weighted by atomic mass is 19.1. The predicted molar refractivity (Wildman–Crippen MR) is 64.1 cm³/mol. The molecule has 0 saturated carbocycles. The lowest BCUT2D eigenvalue weighted by molar-refractivity contribution is -0.143. The Morgan fingerprint density at radius 3 is 2.84 bits per heavy atom. The second-order valence-electron chi connectivity index (χ2n) is 4.30. The molecule has 1 aliphatic heterocycles. The van der Waals surface area contributed by atoms with E-state index in [1.54, 1.807) is 13.0 Å². The number of hydrogen-bond acceptors (Lipinski definition) is 3. The zero-order valence-electron chi connectivity index (χ0n) is 10.4. The zero-order chi connectivity index (χ0) is 14.0. The molecule has 1 N–H and O–H groups in total. The molecule has 0 aromatic heterocycles. The molecule has 1 atom stereocenters. The van der Waals surface area contributed by atoms with Crippen molar-refractivity contribution in [3.05, 3.63) is 35.1 Å². The Hall–Kier alpha value is -2.11. The molecule has 1 aromatic carbocycles.